The van der Waals surface area contributed by atoms with Crippen molar-refractivity contribution in [3.05, 3.63) is 0 Å². The van der Waals surface area contributed by atoms with Gasteiger partial charge in [0.2, 0.25) is 5.91 Å². The Kier molecular flexibility index (Phi) is 5.55. The third-order valence-corrected chi connectivity index (χ3v) is 9.27. The number of hydrogen-bond donors (Lipinski definition) is 0. The minimum absolute atomic E-state index is 0.151. The molecule has 5 rings (SSSR count). The van der Waals surface area contributed by atoms with Crippen molar-refractivity contribution >= 4 is 17.5 Å². The van der Waals surface area contributed by atoms with Crippen LogP contribution in [0.5, 0.6) is 0 Å². The Labute approximate surface area is 175 Å². The van der Waals surface area contributed by atoms with E-state index >= 15 is 0 Å². The first-order valence-corrected chi connectivity index (χ1v) is 12.5. The summed E-state index contributed by atoms with van der Waals surface area (Å²) in [6, 6.07) is 0.151. The summed E-state index contributed by atoms with van der Waals surface area (Å²) in [4.78, 5) is 39.4. The number of ketones is 2. The van der Waals surface area contributed by atoms with Crippen LogP contribution in [-0.2, 0) is 14.4 Å². The first kappa shape index (κ1) is 19.8. The normalized spacial score (nSPS) is 41.2. The zero-order valence-electron chi connectivity index (χ0n) is 17.8. The summed E-state index contributed by atoms with van der Waals surface area (Å²) in [5.74, 6) is 4.94. The Morgan fingerprint density at radius 1 is 0.862 bits per heavy atom. The van der Waals surface area contributed by atoms with E-state index in [9.17, 15) is 14.4 Å². The van der Waals surface area contributed by atoms with Crippen LogP contribution in [0.4, 0.5) is 0 Å². The van der Waals surface area contributed by atoms with E-state index in [4.69, 9.17) is 0 Å². The van der Waals surface area contributed by atoms with Crippen molar-refractivity contribution < 1.29 is 14.4 Å². The van der Waals surface area contributed by atoms with Crippen LogP contribution in [0, 0.1) is 35.5 Å². The van der Waals surface area contributed by atoms with Crippen LogP contribution in [0.25, 0.3) is 0 Å². The molecule has 29 heavy (non-hydrogen) atoms. The second-order valence-electron chi connectivity index (χ2n) is 10.8. The number of hydrogen-bond acceptors (Lipinski definition) is 3. The molecule has 6 unspecified atom stereocenters. The van der Waals surface area contributed by atoms with E-state index in [1.165, 1.54) is 44.9 Å². The lowest BCUT2D eigenvalue weighted by atomic mass is 9.75. The lowest BCUT2D eigenvalue weighted by molar-refractivity contribution is -0.134. The van der Waals surface area contributed by atoms with Gasteiger partial charge in [0.05, 0.1) is 0 Å². The van der Waals surface area contributed by atoms with Crippen molar-refractivity contribution in [3.8, 4) is 0 Å². The number of rotatable bonds is 5. The Hall–Kier alpha value is -1.19. The van der Waals surface area contributed by atoms with Gasteiger partial charge >= 0.3 is 0 Å². The molecule has 0 spiro atoms. The zero-order valence-corrected chi connectivity index (χ0v) is 17.8. The van der Waals surface area contributed by atoms with Gasteiger partial charge in [-0.15, -0.1) is 0 Å². The van der Waals surface area contributed by atoms with E-state index in [0.717, 1.165) is 31.2 Å². The second kappa shape index (κ2) is 8.15. The molecule has 0 aromatic heterocycles. The Morgan fingerprint density at radius 3 is 2.55 bits per heavy atom. The molecule has 0 bridgehead atoms. The molecule has 4 nitrogen and oxygen atoms in total. The van der Waals surface area contributed by atoms with Crippen LogP contribution in [0.15, 0.2) is 0 Å². The molecule has 4 heteroatoms. The fourth-order valence-corrected chi connectivity index (χ4v) is 7.62. The van der Waals surface area contributed by atoms with Gasteiger partial charge in [-0.05, 0) is 68.1 Å². The first-order valence-electron chi connectivity index (χ1n) is 12.5. The molecule has 5 fully saturated rings. The van der Waals surface area contributed by atoms with Crippen molar-refractivity contribution in [2.75, 3.05) is 6.54 Å². The van der Waals surface area contributed by atoms with Gasteiger partial charge in [-0.2, -0.15) is 0 Å². The molecule has 5 aliphatic rings. The third-order valence-electron chi connectivity index (χ3n) is 9.27. The number of carbonyl (C=O) groups excluding carboxylic acids is 3. The molecule has 0 aromatic carbocycles. The fraction of sp³-hybridized carbons (Fsp3) is 0.880. The van der Waals surface area contributed by atoms with Gasteiger partial charge in [0, 0.05) is 44.2 Å². The van der Waals surface area contributed by atoms with E-state index in [1.807, 2.05) is 4.90 Å². The highest BCUT2D eigenvalue weighted by Crippen LogP contribution is 2.59. The highest BCUT2D eigenvalue weighted by Gasteiger charge is 2.55. The molecule has 160 valence electrons. The van der Waals surface area contributed by atoms with Gasteiger partial charge in [0.15, 0.2) is 0 Å². The largest absolute Gasteiger partial charge is 0.339 e. The van der Waals surface area contributed by atoms with Gasteiger partial charge in [0.25, 0.3) is 0 Å². The average Bonchev–Trinajstić information content (AvgIpc) is 3.29. The van der Waals surface area contributed by atoms with Gasteiger partial charge < -0.3 is 4.90 Å². The standard InChI is InChI=1S/C25H37NO3/c27-19-10-8-17-12-13-26(22(17)15-19)24(29)7-3-6-23(28)25-20-11-9-16-4-1-2-5-18(16)14-21(20)25/h16-18,20-22,25H,1-15H2/t16?,17?,18?,20-,21?,22?,25?/m1/s1. The molecule has 1 aliphatic heterocycles. The molecule has 4 aliphatic carbocycles. The summed E-state index contributed by atoms with van der Waals surface area (Å²) in [7, 11) is 0. The molecule has 0 aromatic rings. The maximum atomic E-state index is 12.8. The minimum Gasteiger partial charge on any atom is -0.339 e. The summed E-state index contributed by atoms with van der Waals surface area (Å²) in [6.07, 6.45) is 14.6. The van der Waals surface area contributed by atoms with E-state index < -0.39 is 0 Å². The van der Waals surface area contributed by atoms with Gasteiger partial charge in [-0.1, -0.05) is 25.7 Å². The maximum Gasteiger partial charge on any atom is 0.222 e. The van der Waals surface area contributed by atoms with Crippen molar-refractivity contribution in [1.82, 2.24) is 4.90 Å². The predicted octanol–water partition coefficient (Wildman–Crippen LogP) is 4.55. The average molecular weight is 400 g/mol. The molecule has 1 amide bonds. The summed E-state index contributed by atoms with van der Waals surface area (Å²) in [5.41, 5.74) is 0. The molecule has 4 saturated carbocycles. The maximum absolute atomic E-state index is 12.8. The number of likely N-dealkylation sites (tertiary alicyclic amines) is 1. The number of Topliss-reactive ketones (excluding diaryl/α,β-unsaturated/α-hetero) is 2. The van der Waals surface area contributed by atoms with E-state index in [1.54, 1.807) is 0 Å². The Morgan fingerprint density at radius 2 is 1.69 bits per heavy atom. The SMILES string of the molecule is O=C1CCC2CCN(C(=O)CCCC(=O)C3C4CC5CCCCC5CC[C@H]43)C2C1. The Bertz CT molecular complexity index is 673. The zero-order chi connectivity index (χ0) is 20.0. The summed E-state index contributed by atoms with van der Waals surface area (Å²) >= 11 is 0. The molecule has 0 radical (unpaired) electrons. The molecular formula is C25H37NO3. The highest BCUT2D eigenvalue weighted by molar-refractivity contribution is 5.85. The van der Waals surface area contributed by atoms with Gasteiger partial charge in [-0.3, -0.25) is 14.4 Å². The highest BCUT2D eigenvalue weighted by atomic mass is 16.2. The lowest BCUT2D eigenvalue weighted by Crippen LogP contribution is -2.41. The molecule has 7 atom stereocenters. The molecular weight excluding hydrogens is 362 g/mol. The van der Waals surface area contributed by atoms with Crippen molar-refractivity contribution in [2.24, 2.45) is 35.5 Å². The van der Waals surface area contributed by atoms with Gasteiger partial charge in [-0.25, -0.2) is 0 Å². The fourth-order valence-electron chi connectivity index (χ4n) is 7.62. The number of carbonyl (C=O) groups is 3. The molecule has 1 heterocycles. The van der Waals surface area contributed by atoms with Crippen LogP contribution >= 0.6 is 0 Å². The quantitative estimate of drug-likeness (QED) is 0.681. The van der Waals surface area contributed by atoms with Crippen LogP contribution in [0.1, 0.15) is 89.9 Å². The topological polar surface area (TPSA) is 54.5 Å². The minimum atomic E-state index is 0.151. The van der Waals surface area contributed by atoms with Crippen LogP contribution in [0.2, 0.25) is 0 Å². The molecule has 0 N–H and O–H groups in total. The Balaban J connectivity index is 1.07. The number of amides is 1. The summed E-state index contributed by atoms with van der Waals surface area (Å²) in [6.45, 7) is 0.810. The third kappa shape index (κ3) is 3.93. The van der Waals surface area contributed by atoms with Gasteiger partial charge in [0.1, 0.15) is 11.6 Å². The smallest absolute Gasteiger partial charge is 0.222 e. The van der Waals surface area contributed by atoms with E-state index in [0.29, 0.717) is 67.3 Å². The van der Waals surface area contributed by atoms with E-state index in [2.05, 4.69) is 0 Å². The predicted molar refractivity (Wildman–Crippen MR) is 111 cm³/mol. The lowest BCUT2D eigenvalue weighted by Gasteiger charge is -2.31. The second-order valence-corrected chi connectivity index (χ2v) is 10.8. The first-order chi connectivity index (χ1) is 14.1. The van der Waals surface area contributed by atoms with E-state index in [-0.39, 0.29) is 11.9 Å². The summed E-state index contributed by atoms with van der Waals surface area (Å²) < 4.78 is 0. The van der Waals surface area contributed by atoms with Crippen molar-refractivity contribution in [3.63, 3.8) is 0 Å². The van der Waals surface area contributed by atoms with Crippen LogP contribution < -0.4 is 0 Å². The number of nitrogens with zero attached hydrogens (tertiary/aromatic N) is 1. The van der Waals surface area contributed by atoms with Crippen molar-refractivity contribution in [1.29, 1.82) is 0 Å². The number of fused-ring (bicyclic) bond motifs is 3. The van der Waals surface area contributed by atoms with Crippen LogP contribution in [-0.4, -0.2) is 35.0 Å². The van der Waals surface area contributed by atoms with Crippen LogP contribution in [0.3, 0.4) is 0 Å². The summed E-state index contributed by atoms with van der Waals surface area (Å²) in [5, 5.41) is 0. The van der Waals surface area contributed by atoms with Crippen molar-refractivity contribution in [2.45, 2.75) is 95.9 Å². The molecule has 1 saturated heterocycles. The monoisotopic (exact) mass is 399 g/mol.